The number of hydrogen-bond acceptors (Lipinski definition) is 6. The molecule has 1 atom stereocenters. The Kier molecular flexibility index (Phi) is 5.72. The van der Waals surface area contributed by atoms with E-state index in [1.165, 1.54) is 10.8 Å². The first kappa shape index (κ1) is 14.4. The number of carbonyl (C=O) groups is 2. The third-order valence-corrected chi connectivity index (χ3v) is 4.96. The Morgan fingerprint density at radius 2 is 2.37 bits per heavy atom. The van der Waals surface area contributed by atoms with Crippen molar-refractivity contribution in [3.05, 3.63) is 24.4 Å². The molecule has 6 heteroatoms. The lowest BCUT2D eigenvalue weighted by Gasteiger charge is -2.09. The van der Waals surface area contributed by atoms with Gasteiger partial charge < -0.3 is 4.74 Å². The summed E-state index contributed by atoms with van der Waals surface area (Å²) in [7, 11) is 3.10. The normalized spacial score (nSPS) is 18.5. The van der Waals surface area contributed by atoms with Crippen molar-refractivity contribution < 1.29 is 14.3 Å². The van der Waals surface area contributed by atoms with Crippen LogP contribution in [0.5, 0.6) is 0 Å². The molecular weight excluding hydrogens is 282 g/mol. The number of ketones is 1. The van der Waals surface area contributed by atoms with Crippen molar-refractivity contribution in [2.24, 2.45) is 0 Å². The van der Waals surface area contributed by atoms with Gasteiger partial charge in [0, 0.05) is 18.4 Å². The average Bonchev–Trinajstić information content (AvgIpc) is 2.82. The summed E-state index contributed by atoms with van der Waals surface area (Å²) in [6.07, 6.45) is 3.64. The van der Waals surface area contributed by atoms with Gasteiger partial charge in [0.25, 0.3) is 0 Å². The van der Waals surface area contributed by atoms with Crippen LogP contribution < -0.4 is 0 Å². The molecule has 19 heavy (non-hydrogen) atoms. The van der Waals surface area contributed by atoms with E-state index in [0.717, 1.165) is 11.4 Å². The molecule has 2 rings (SSSR count). The summed E-state index contributed by atoms with van der Waals surface area (Å²) in [4.78, 5) is 27.0. The topological polar surface area (TPSA) is 56.3 Å². The molecule has 0 spiro atoms. The molecule has 0 amide bonds. The fourth-order valence-corrected chi connectivity index (χ4v) is 3.60. The van der Waals surface area contributed by atoms with Crippen molar-refractivity contribution >= 4 is 33.3 Å². The van der Waals surface area contributed by atoms with Gasteiger partial charge in [-0.15, -0.1) is 0 Å². The second-order valence-corrected chi connectivity index (χ2v) is 6.60. The van der Waals surface area contributed by atoms with E-state index >= 15 is 0 Å². The first-order valence-corrected chi connectivity index (χ1v) is 8.50. The quantitative estimate of drug-likeness (QED) is 0.457. The van der Waals surface area contributed by atoms with Crippen molar-refractivity contribution in [2.45, 2.75) is 36.8 Å². The Morgan fingerprint density at radius 1 is 1.47 bits per heavy atom. The Hall–Kier alpha value is -1.01. The Bertz CT molecular complexity index is 439. The zero-order valence-electron chi connectivity index (χ0n) is 10.4. The van der Waals surface area contributed by atoms with Gasteiger partial charge in [-0.1, -0.05) is 16.9 Å². The molecule has 1 fully saturated rings. The second kappa shape index (κ2) is 7.55. The van der Waals surface area contributed by atoms with E-state index in [1.54, 1.807) is 17.0 Å². The van der Waals surface area contributed by atoms with Crippen molar-refractivity contribution in [3.8, 4) is 0 Å². The molecule has 1 aromatic heterocycles. The molecule has 1 aromatic rings. The molecule has 1 unspecified atom stereocenters. The molecule has 0 aromatic carbocycles. The van der Waals surface area contributed by atoms with Gasteiger partial charge >= 0.3 is 5.97 Å². The molecule has 1 heterocycles. The minimum atomic E-state index is -0.485. The minimum absolute atomic E-state index is 0.0591. The second-order valence-electron chi connectivity index (χ2n) is 4.16. The molecule has 0 N–H and O–H groups in total. The maximum Gasteiger partial charge on any atom is 0.307 e. The van der Waals surface area contributed by atoms with E-state index in [9.17, 15) is 9.59 Å². The zero-order chi connectivity index (χ0) is 13.5. The van der Waals surface area contributed by atoms with Gasteiger partial charge in [-0.2, -0.15) is 0 Å². The third-order valence-electron chi connectivity index (χ3n) is 2.69. The maximum atomic E-state index is 11.5. The van der Waals surface area contributed by atoms with E-state index in [2.05, 4.69) is 4.98 Å². The summed E-state index contributed by atoms with van der Waals surface area (Å²) >= 11 is 0. The summed E-state index contributed by atoms with van der Waals surface area (Å²) in [6.45, 7) is 0. The summed E-state index contributed by atoms with van der Waals surface area (Å²) < 4.78 is 5.15. The Labute approximate surface area is 120 Å². The highest BCUT2D eigenvalue weighted by Crippen LogP contribution is 2.29. The van der Waals surface area contributed by atoms with Crippen molar-refractivity contribution in [1.82, 2.24) is 4.98 Å². The van der Waals surface area contributed by atoms with Crippen LogP contribution in [0.4, 0.5) is 0 Å². The highest BCUT2D eigenvalue weighted by Gasteiger charge is 2.27. The lowest BCUT2D eigenvalue weighted by molar-refractivity contribution is -0.153. The van der Waals surface area contributed by atoms with Crippen LogP contribution >= 0.6 is 21.6 Å². The van der Waals surface area contributed by atoms with Crippen LogP contribution in [0.15, 0.2) is 29.4 Å². The summed E-state index contributed by atoms with van der Waals surface area (Å²) in [5, 5.41) is 0.923. The molecule has 1 aliphatic rings. The van der Waals surface area contributed by atoms with Crippen LogP contribution in [0, 0.1) is 0 Å². The fourth-order valence-electron chi connectivity index (χ4n) is 1.75. The number of rotatable bonds is 6. The molecule has 1 saturated carbocycles. The minimum Gasteiger partial charge on any atom is -0.454 e. The molecule has 0 radical (unpaired) electrons. The van der Waals surface area contributed by atoms with E-state index in [1.807, 2.05) is 18.2 Å². The molecule has 102 valence electrons. The third kappa shape index (κ3) is 4.87. The molecular formula is C13H15NO3S2. The Balaban J connectivity index is 1.60. The molecule has 1 aliphatic carbocycles. The number of ether oxygens (including phenoxy) is 1. The van der Waals surface area contributed by atoms with Crippen LogP contribution in [0.3, 0.4) is 0 Å². The summed E-state index contributed by atoms with van der Waals surface area (Å²) in [5.74, 6) is 0.430. The smallest absolute Gasteiger partial charge is 0.307 e. The number of carbonyl (C=O) groups excluding carboxylic acids is 2. The first-order valence-electron chi connectivity index (χ1n) is 6.18. The van der Waals surface area contributed by atoms with E-state index in [0.29, 0.717) is 25.0 Å². The van der Waals surface area contributed by atoms with Gasteiger partial charge in [0.05, 0.1) is 6.42 Å². The number of hydrogen-bond donors (Lipinski definition) is 0. The molecule has 4 nitrogen and oxygen atoms in total. The Morgan fingerprint density at radius 3 is 3.05 bits per heavy atom. The van der Waals surface area contributed by atoms with Gasteiger partial charge in [-0.25, -0.2) is 4.98 Å². The first-order chi connectivity index (χ1) is 9.25. The zero-order valence-corrected chi connectivity index (χ0v) is 12.0. The van der Waals surface area contributed by atoms with Gasteiger partial charge in [0.1, 0.15) is 5.03 Å². The van der Waals surface area contributed by atoms with Gasteiger partial charge in [-0.3, -0.25) is 9.59 Å². The summed E-state index contributed by atoms with van der Waals surface area (Å²) in [5.41, 5.74) is 0. The van der Waals surface area contributed by atoms with Gasteiger partial charge in [0.15, 0.2) is 11.9 Å². The SMILES string of the molecule is O=C(CCSSc1ccccn1)OC1CCCC1=O. The number of esters is 1. The number of Topliss-reactive ketones (excluding diaryl/α,β-unsaturated/α-hetero) is 1. The monoisotopic (exact) mass is 297 g/mol. The highest BCUT2D eigenvalue weighted by atomic mass is 33.1. The van der Waals surface area contributed by atoms with Crippen LogP contribution in [0.25, 0.3) is 0 Å². The highest BCUT2D eigenvalue weighted by molar-refractivity contribution is 8.76. The van der Waals surface area contributed by atoms with E-state index in [4.69, 9.17) is 4.74 Å². The maximum absolute atomic E-state index is 11.5. The predicted molar refractivity (Wildman–Crippen MR) is 75.9 cm³/mol. The molecule has 0 aliphatic heterocycles. The van der Waals surface area contributed by atoms with Crippen molar-refractivity contribution in [3.63, 3.8) is 0 Å². The lowest BCUT2D eigenvalue weighted by Crippen LogP contribution is -2.22. The van der Waals surface area contributed by atoms with Crippen LogP contribution in [0.1, 0.15) is 25.7 Å². The standard InChI is InChI=1S/C13H15NO3S2/c15-10-4-3-5-11(10)17-13(16)7-9-18-19-12-6-1-2-8-14-12/h1-2,6,8,11H,3-5,7,9H2. The number of nitrogens with zero attached hydrogens (tertiary/aromatic N) is 1. The molecule has 0 saturated heterocycles. The van der Waals surface area contributed by atoms with Crippen LogP contribution in [0.2, 0.25) is 0 Å². The number of aromatic nitrogens is 1. The fraction of sp³-hybridized carbons (Fsp3) is 0.462. The number of pyridine rings is 1. The van der Waals surface area contributed by atoms with Crippen molar-refractivity contribution in [2.75, 3.05) is 5.75 Å². The van der Waals surface area contributed by atoms with Gasteiger partial charge in [0.2, 0.25) is 0 Å². The lowest BCUT2D eigenvalue weighted by atomic mass is 10.3. The summed E-state index contributed by atoms with van der Waals surface area (Å²) in [6, 6.07) is 5.72. The van der Waals surface area contributed by atoms with Gasteiger partial charge in [-0.05, 0) is 35.8 Å². The average molecular weight is 297 g/mol. The largest absolute Gasteiger partial charge is 0.454 e. The van der Waals surface area contributed by atoms with Crippen LogP contribution in [-0.4, -0.2) is 28.6 Å². The molecule has 0 bridgehead atoms. The van der Waals surface area contributed by atoms with E-state index in [-0.39, 0.29) is 11.8 Å². The predicted octanol–water partition coefficient (Wildman–Crippen LogP) is 2.88. The van der Waals surface area contributed by atoms with Crippen LogP contribution in [-0.2, 0) is 14.3 Å². The van der Waals surface area contributed by atoms with Crippen molar-refractivity contribution in [1.29, 1.82) is 0 Å². The van der Waals surface area contributed by atoms with E-state index < -0.39 is 6.10 Å².